The predicted molar refractivity (Wildman–Crippen MR) is 85.4 cm³/mol. The van der Waals surface area contributed by atoms with Crippen molar-refractivity contribution in [2.24, 2.45) is 5.92 Å². The van der Waals surface area contributed by atoms with E-state index in [2.05, 4.69) is 35.8 Å². The summed E-state index contributed by atoms with van der Waals surface area (Å²) in [5, 5.41) is 5.93. The van der Waals surface area contributed by atoms with Gasteiger partial charge in [0.1, 0.15) is 0 Å². The van der Waals surface area contributed by atoms with Crippen molar-refractivity contribution in [2.75, 3.05) is 0 Å². The first-order valence-electron chi connectivity index (χ1n) is 6.77. The quantitative estimate of drug-likeness (QED) is 0.760. The van der Waals surface area contributed by atoms with E-state index in [4.69, 9.17) is 11.6 Å². The first-order chi connectivity index (χ1) is 9.22. The third-order valence-electron chi connectivity index (χ3n) is 3.54. The molecule has 0 bridgehead atoms. The van der Waals surface area contributed by atoms with E-state index in [1.807, 2.05) is 17.4 Å². The first-order valence-corrected chi connectivity index (χ1v) is 8.84. The van der Waals surface area contributed by atoms with Gasteiger partial charge in [-0.3, -0.25) is 0 Å². The van der Waals surface area contributed by atoms with Crippen LogP contribution in [0.15, 0.2) is 29.6 Å². The molecule has 2 atom stereocenters. The Hall–Kier alpha value is -0.350. The van der Waals surface area contributed by atoms with Crippen LogP contribution in [0.2, 0.25) is 4.34 Å². The lowest BCUT2D eigenvalue weighted by molar-refractivity contribution is 0.459. The molecule has 1 aliphatic carbocycles. The Labute approximate surface area is 127 Å². The molecule has 0 spiro atoms. The van der Waals surface area contributed by atoms with Crippen LogP contribution in [0.4, 0.5) is 0 Å². The van der Waals surface area contributed by atoms with E-state index in [0.29, 0.717) is 12.1 Å². The van der Waals surface area contributed by atoms with Crippen molar-refractivity contribution in [1.29, 1.82) is 0 Å². The second-order valence-corrected chi connectivity index (χ2v) is 8.06. The van der Waals surface area contributed by atoms with E-state index in [1.165, 1.54) is 29.0 Å². The number of thiophene rings is 2. The third-order valence-corrected chi connectivity index (χ3v) is 5.77. The summed E-state index contributed by atoms with van der Waals surface area (Å²) in [6.45, 7) is 2.30. The van der Waals surface area contributed by atoms with E-state index < -0.39 is 0 Å². The van der Waals surface area contributed by atoms with Gasteiger partial charge in [-0.2, -0.15) is 0 Å². The lowest BCUT2D eigenvalue weighted by atomic mass is 10.1. The summed E-state index contributed by atoms with van der Waals surface area (Å²) in [5.41, 5.74) is 0. The highest BCUT2D eigenvalue weighted by Crippen LogP contribution is 2.36. The Morgan fingerprint density at radius 1 is 1.32 bits per heavy atom. The lowest BCUT2D eigenvalue weighted by Gasteiger charge is -2.21. The molecule has 1 fully saturated rings. The Kier molecular flexibility index (Phi) is 4.27. The van der Waals surface area contributed by atoms with Gasteiger partial charge in [0.2, 0.25) is 0 Å². The van der Waals surface area contributed by atoms with E-state index in [1.54, 1.807) is 11.3 Å². The molecule has 2 aromatic rings. The van der Waals surface area contributed by atoms with Crippen molar-refractivity contribution >= 4 is 34.3 Å². The molecule has 1 saturated carbocycles. The van der Waals surface area contributed by atoms with Crippen LogP contribution in [0.3, 0.4) is 0 Å². The van der Waals surface area contributed by atoms with Gasteiger partial charge in [0, 0.05) is 15.8 Å². The molecule has 3 rings (SSSR count). The van der Waals surface area contributed by atoms with Gasteiger partial charge < -0.3 is 5.32 Å². The zero-order chi connectivity index (χ0) is 13.2. The lowest BCUT2D eigenvalue weighted by Crippen LogP contribution is -2.30. The fraction of sp³-hybridized carbons (Fsp3) is 0.467. The molecule has 102 valence electrons. The minimum Gasteiger partial charge on any atom is -0.302 e. The summed E-state index contributed by atoms with van der Waals surface area (Å²) < 4.78 is 0.869. The minimum absolute atomic E-state index is 0.297. The Morgan fingerprint density at radius 2 is 2.16 bits per heavy atom. The first kappa shape index (κ1) is 13.6. The highest BCUT2D eigenvalue weighted by atomic mass is 35.5. The zero-order valence-corrected chi connectivity index (χ0v) is 13.3. The molecule has 2 unspecified atom stereocenters. The van der Waals surface area contributed by atoms with Crippen LogP contribution in [-0.4, -0.2) is 6.04 Å². The van der Waals surface area contributed by atoms with Gasteiger partial charge in [-0.05, 0) is 42.8 Å². The van der Waals surface area contributed by atoms with Gasteiger partial charge in [-0.25, -0.2) is 0 Å². The summed E-state index contributed by atoms with van der Waals surface area (Å²) >= 11 is 9.58. The van der Waals surface area contributed by atoms with Gasteiger partial charge >= 0.3 is 0 Å². The summed E-state index contributed by atoms with van der Waals surface area (Å²) in [6, 6.07) is 9.32. The molecule has 19 heavy (non-hydrogen) atoms. The number of hydrogen-bond acceptors (Lipinski definition) is 3. The number of halogens is 1. The van der Waals surface area contributed by atoms with Crippen LogP contribution in [-0.2, 0) is 0 Å². The maximum Gasteiger partial charge on any atom is 0.0931 e. The minimum atomic E-state index is 0.297. The molecule has 1 aliphatic rings. The Bertz CT molecular complexity index is 516. The summed E-state index contributed by atoms with van der Waals surface area (Å²) in [6.07, 6.45) is 4.13. The summed E-state index contributed by atoms with van der Waals surface area (Å²) in [4.78, 5) is 2.69. The second-order valence-electron chi connectivity index (χ2n) is 5.34. The fourth-order valence-corrected chi connectivity index (χ4v) is 4.47. The van der Waals surface area contributed by atoms with Crippen LogP contribution in [0.5, 0.6) is 0 Å². The van der Waals surface area contributed by atoms with Gasteiger partial charge in [-0.15, -0.1) is 22.7 Å². The van der Waals surface area contributed by atoms with Crippen LogP contribution in [0.25, 0.3) is 0 Å². The van der Waals surface area contributed by atoms with E-state index in [9.17, 15) is 0 Å². The standard InChI is InChI=1S/C15H18ClNS2/c1-10(9-11-4-5-11)17-15(12-3-2-8-18-12)13-6-7-14(16)19-13/h2-3,6-8,10-11,15,17H,4-5,9H2,1H3. The topological polar surface area (TPSA) is 12.0 Å². The normalized spacial score (nSPS) is 18.4. The highest BCUT2D eigenvalue weighted by molar-refractivity contribution is 7.16. The average molecular weight is 312 g/mol. The molecule has 0 amide bonds. The molecule has 1 N–H and O–H groups in total. The maximum absolute atomic E-state index is 6.09. The number of hydrogen-bond donors (Lipinski definition) is 1. The van der Waals surface area contributed by atoms with Crippen LogP contribution in [0, 0.1) is 5.92 Å². The molecule has 0 saturated heterocycles. The molecule has 1 nitrogen and oxygen atoms in total. The predicted octanol–water partition coefficient (Wildman–Crippen LogP) is 5.33. The number of nitrogens with one attached hydrogen (secondary N) is 1. The molecule has 2 heterocycles. The van der Waals surface area contributed by atoms with Gasteiger partial charge in [-0.1, -0.05) is 30.5 Å². The molecule has 2 aromatic heterocycles. The monoisotopic (exact) mass is 311 g/mol. The molecule has 4 heteroatoms. The second kappa shape index (κ2) is 5.96. The van der Waals surface area contributed by atoms with Gasteiger partial charge in [0.25, 0.3) is 0 Å². The molecular weight excluding hydrogens is 294 g/mol. The van der Waals surface area contributed by atoms with Crippen LogP contribution in [0.1, 0.15) is 42.0 Å². The van der Waals surface area contributed by atoms with Gasteiger partial charge in [0.05, 0.1) is 10.4 Å². The molecular formula is C15H18ClNS2. The largest absolute Gasteiger partial charge is 0.302 e. The van der Waals surface area contributed by atoms with E-state index in [0.717, 1.165) is 10.3 Å². The van der Waals surface area contributed by atoms with E-state index in [-0.39, 0.29) is 0 Å². The van der Waals surface area contributed by atoms with Crippen molar-refractivity contribution in [3.63, 3.8) is 0 Å². The summed E-state index contributed by atoms with van der Waals surface area (Å²) in [5.74, 6) is 0.957. The number of rotatable bonds is 6. The Morgan fingerprint density at radius 3 is 2.74 bits per heavy atom. The summed E-state index contributed by atoms with van der Waals surface area (Å²) in [7, 11) is 0. The molecule has 0 radical (unpaired) electrons. The van der Waals surface area contributed by atoms with Crippen molar-refractivity contribution in [1.82, 2.24) is 5.32 Å². The third kappa shape index (κ3) is 3.60. The average Bonchev–Trinajstić information content (AvgIpc) is 2.90. The van der Waals surface area contributed by atoms with E-state index >= 15 is 0 Å². The SMILES string of the molecule is CC(CC1CC1)NC(c1cccs1)c1ccc(Cl)s1. The van der Waals surface area contributed by atoms with Crippen molar-refractivity contribution in [2.45, 2.75) is 38.3 Å². The van der Waals surface area contributed by atoms with Gasteiger partial charge in [0.15, 0.2) is 0 Å². The van der Waals surface area contributed by atoms with Crippen molar-refractivity contribution in [3.05, 3.63) is 43.7 Å². The van der Waals surface area contributed by atoms with Crippen molar-refractivity contribution < 1.29 is 0 Å². The maximum atomic E-state index is 6.09. The van der Waals surface area contributed by atoms with Crippen molar-refractivity contribution in [3.8, 4) is 0 Å². The Balaban J connectivity index is 1.76. The zero-order valence-electron chi connectivity index (χ0n) is 10.9. The smallest absolute Gasteiger partial charge is 0.0931 e. The molecule has 0 aliphatic heterocycles. The highest BCUT2D eigenvalue weighted by Gasteiger charge is 2.26. The molecule has 0 aromatic carbocycles. The fourth-order valence-electron chi connectivity index (χ4n) is 2.45. The van der Waals surface area contributed by atoms with Crippen LogP contribution < -0.4 is 5.32 Å². The van der Waals surface area contributed by atoms with Crippen LogP contribution >= 0.6 is 34.3 Å².